The van der Waals surface area contributed by atoms with Crippen LogP contribution in [0.2, 0.25) is 0 Å². The van der Waals surface area contributed by atoms with Crippen molar-refractivity contribution >= 4 is 5.78 Å². The summed E-state index contributed by atoms with van der Waals surface area (Å²) in [5.74, 6) is -0.494. The third-order valence-electron chi connectivity index (χ3n) is 4.19. The van der Waals surface area contributed by atoms with Crippen LogP contribution < -0.4 is 10.7 Å². The summed E-state index contributed by atoms with van der Waals surface area (Å²) in [6.45, 7) is 1.61. The molecule has 1 aromatic heterocycles. The molecule has 6 nitrogen and oxygen atoms in total. The monoisotopic (exact) mass is 281 g/mol. The average Bonchev–Trinajstić information content (AvgIpc) is 2.97. The number of nitrogens with zero attached hydrogens (tertiary/aromatic N) is 2. The van der Waals surface area contributed by atoms with Crippen LogP contribution in [0.3, 0.4) is 0 Å². The van der Waals surface area contributed by atoms with E-state index in [0.717, 1.165) is 25.7 Å². The van der Waals surface area contributed by atoms with E-state index >= 15 is 0 Å². The van der Waals surface area contributed by atoms with Crippen molar-refractivity contribution < 1.29 is 15.0 Å². The highest BCUT2D eigenvalue weighted by Gasteiger charge is 2.33. The molecule has 6 heteroatoms. The standard InChI is InChI=1S/C14H23N3O3/c1-8-10(14(20)17(13(8)19)16(2)3)12(18)11(15)9-6-4-5-7-9/h9,11,19-20H,4-7,15H2,1-3H3/t11-/m0/s1. The first-order valence-corrected chi connectivity index (χ1v) is 6.96. The van der Waals surface area contributed by atoms with Crippen molar-refractivity contribution in [2.24, 2.45) is 11.7 Å². The van der Waals surface area contributed by atoms with Gasteiger partial charge in [0.15, 0.2) is 5.78 Å². The summed E-state index contributed by atoms with van der Waals surface area (Å²) in [7, 11) is 3.34. The average molecular weight is 281 g/mol. The van der Waals surface area contributed by atoms with E-state index < -0.39 is 6.04 Å². The number of hydrogen-bond acceptors (Lipinski definition) is 5. The fourth-order valence-electron chi connectivity index (χ4n) is 3.02. The van der Waals surface area contributed by atoms with Gasteiger partial charge in [0.1, 0.15) is 0 Å². The lowest BCUT2D eigenvalue weighted by molar-refractivity contribution is 0.0929. The summed E-state index contributed by atoms with van der Waals surface area (Å²) in [6.07, 6.45) is 4.10. The van der Waals surface area contributed by atoms with Gasteiger partial charge in [-0.3, -0.25) is 4.79 Å². The fraction of sp³-hybridized carbons (Fsp3) is 0.643. The normalized spacial score (nSPS) is 17.4. The number of carbonyl (C=O) groups is 1. The smallest absolute Gasteiger partial charge is 0.224 e. The van der Waals surface area contributed by atoms with Crippen molar-refractivity contribution in [2.45, 2.75) is 38.6 Å². The van der Waals surface area contributed by atoms with Gasteiger partial charge >= 0.3 is 0 Å². The third-order valence-corrected chi connectivity index (χ3v) is 4.19. The molecule has 1 saturated carbocycles. The van der Waals surface area contributed by atoms with Gasteiger partial charge in [0.05, 0.1) is 11.6 Å². The maximum atomic E-state index is 12.5. The zero-order valence-electron chi connectivity index (χ0n) is 12.3. The van der Waals surface area contributed by atoms with Gasteiger partial charge in [0, 0.05) is 19.7 Å². The topological polar surface area (TPSA) is 91.7 Å². The van der Waals surface area contributed by atoms with Crippen LogP contribution in [0, 0.1) is 12.8 Å². The second-order valence-electron chi connectivity index (χ2n) is 5.74. The minimum absolute atomic E-state index is 0.130. The predicted molar refractivity (Wildman–Crippen MR) is 76.8 cm³/mol. The van der Waals surface area contributed by atoms with Crippen LogP contribution in [-0.2, 0) is 0 Å². The van der Waals surface area contributed by atoms with Gasteiger partial charge in [-0.15, -0.1) is 0 Å². The van der Waals surface area contributed by atoms with Crippen molar-refractivity contribution in [1.82, 2.24) is 4.68 Å². The van der Waals surface area contributed by atoms with E-state index in [1.54, 1.807) is 21.0 Å². The largest absolute Gasteiger partial charge is 0.493 e. The zero-order valence-corrected chi connectivity index (χ0v) is 12.3. The maximum absolute atomic E-state index is 12.5. The van der Waals surface area contributed by atoms with Crippen molar-refractivity contribution in [3.05, 3.63) is 11.1 Å². The molecule has 112 valence electrons. The SMILES string of the molecule is Cc1c(C(=O)[C@@H](N)C2CCCC2)c(O)n(N(C)C)c1O. The van der Waals surface area contributed by atoms with Crippen molar-refractivity contribution in [2.75, 3.05) is 19.1 Å². The van der Waals surface area contributed by atoms with Crippen molar-refractivity contribution in [1.29, 1.82) is 0 Å². The number of Topliss-reactive ketones (excluding diaryl/α,β-unsaturated/α-hetero) is 1. The molecule has 1 fully saturated rings. The number of carbonyl (C=O) groups excluding carboxylic acids is 1. The molecule has 1 heterocycles. The molecule has 0 spiro atoms. The molecule has 2 rings (SSSR count). The summed E-state index contributed by atoms with van der Waals surface area (Å²) < 4.78 is 1.20. The molecule has 20 heavy (non-hydrogen) atoms. The van der Waals surface area contributed by atoms with Crippen molar-refractivity contribution in [3.63, 3.8) is 0 Å². The number of aromatic nitrogens is 1. The van der Waals surface area contributed by atoms with Crippen LogP contribution >= 0.6 is 0 Å². The lowest BCUT2D eigenvalue weighted by Gasteiger charge is -2.18. The second-order valence-corrected chi connectivity index (χ2v) is 5.74. The molecule has 0 radical (unpaired) electrons. The predicted octanol–water partition coefficient (Wildman–Crippen LogP) is 1.11. The summed E-state index contributed by atoms with van der Waals surface area (Å²) >= 11 is 0. The Bertz CT molecular complexity index is 516. The fourth-order valence-corrected chi connectivity index (χ4v) is 3.02. The van der Waals surface area contributed by atoms with Gasteiger partial charge in [-0.05, 0) is 25.7 Å². The molecule has 1 aromatic rings. The van der Waals surface area contributed by atoms with Crippen LogP contribution in [0.15, 0.2) is 0 Å². The Balaban J connectivity index is 2.37. The van der Waals surface area contributed by atoms with Gasteiger partial charge in [-0.2, -0.15) is 4.68 Å². The molecule has 1 aliphatic carbocycles. The zero-order chi connectivity index (χ0) is 15.0. The van der Waals surface area contributed by atoms with Crippen LogP contribution in [0.25, 0.3) is 0 Å². The number of rotatable bonds is 4. The van der Waals surface area contributed by atoms with E-state index in [2.05, 4.69) is 0 Å². The molecule has 1 atom stereocenters. The molecule has 0 saturated heterocycles. The highest BCUT2D eigenvalue weighted by molar-refractivity contribution is 6.04. The minimum Gasteiger partial charge on any atom is -0.493 e. The summed E-state index contributed by atoms with van der Waals surface area (Å²) in [6, 6.07) is -0.612. The summed E-state index contributed by atoms with van der Waals surface area (Å²) in [4.78, 5) is 12.5. The van der Waals surface area contributed by atoms with Gasteiger partial charge in [0.25, 0.3) is 0 Å². The number of ketones is 1. The summed E-state index contributed by atoms with van der Waals surface area (Å²) in [5, 5.41) is 21.8. The molecule has 0 aromatic carbocycles. The molecule has 1 aliphatic rings. The van der Waals surface area contributed by atoms with Crippen LogP contribution in [-0.4, -0.2) is 40.8 Å². The Labute approximate surface area is 118 Å². The molecular weight excluding hydrogens is 258 g/mol. The molecule has 0 bridgehead atoms. The Kier molecular flexibility index (Phi) is 3.94. The first-order chi connectivity index (χ1) is 9.36. The number of aromatic hydroxyl groups is 2. The lowest BCUT2D eigenvalue weighted by atomic mass is 9.91. The second kappa shape index (κ2) is 5.36. The highest BCUT2D eigenvalue weighted by atomic mass is 16.3. The van der Waals surface area contributed by atoms with Gasteiger partial charge in [0.2, 0.25) is 11.8 Å². The molecule has 0 unspecified atom stereocenters. The maximum Gasteiger partial charge on any atom is 0.224 e. The molecular formula is C14H23N3O3. The Morgan fingerprint density at radius 1 is 1.30 bits per heavy atom. The lowest BCUT2D eigenvalue weighted by Crippen LogP contribution is -2.37. The van der Waals surface area contributed by atoms with Crippen LogP contribution in [0.4, 0.5) is 0 Å². The number of nitrogens with two attached hydrogens (primary N) is 1. The van der Waals surface area contributed by atoms with E-state index in [4.69, 9.17) is 5.73 Å². The van der Waals surface area contributed by atoms with Crippen LogP contribution in [0.5, 0.6) is 11.8 Å². The minimum atomic E-state index is -0.612. The Morgan fingerprint density at radius 2 is 1.85 bits per heavy atom. The van der Waals surface area contributed by atoms with E-state index in [9.17, 15) is 15.0 Å². The van der Waals surface area contributed by atoms with Gasteiger partial charge < -0.3 is 21.0 Å². The first-order valence-electron chi connectivity index (χ1n) is 6.96. The van der Waals surface area contributed by atoms with E-state index in [0.29, 0.717) is 5.56 Å². The Hall–Kier alpha value is -1.69. The van der Waals surface area contributed by atoms with Gasteiger partial charge in [-0.25, -0.2) is 0 Å². The van der Waals surface area contributed by atoms with Crippen LogP contribution in [0.1, 0.15) is 41.6 Å². The van der Waals surface area contributed by atoms with E-state index in [-0.39, 0.29) is 29.0 Å². The Morgan fingerprint density at radius 3 is 2.30 bits per heavy atom. The number of hydrogen-bond donors (Lipinski definition) is 3. The molecule has 0 aliphatic heterocycles. The molecule has 4 N–H and O–H groups in total. The first kappa shape index (κ1) is 14.7. The van der Waals surface area contributed by atoms with Gasteiger partial charge in [-0.1, -0.05) is 12.8 Å². The van der Waals surface area contributed by atoms with E-state index in [1.165, 1.54) is 9.69 Å². The van der Waals surface area contributed by atoms with Crippen molar-refractivity contribution in [3.8, 4) is 11.8 Å². The van der Waals surface area contributed by atoms with E-state index in [1.807, 2.05) is 0 Å². The highest BCUT2D eigenvalue weighted by Crippen LogP contribution is 2.36. The third kappa shape index (κ3) is 2.24. The molecule has 0 amide bonds. The quantitative estimate of drug-likeness (QED) is 0.719. The summed E-state index contributed by atoms with van der Waals surface area (Å²) in [5.41, 5.74) is 6.57.